The van der Waals surface area contributed by atoms with E-state index in [1.54, 1.807) is 22.7 Å². The lowest BCUT2D eigenvalue weighted by molar-refractivity contribution is 0.167. The summed E-state index contributed by atoms with van der Waals surface area (Å²) in [5, 5.41) is 31.5. The predicted molar refractivity (Wildman–Crippen MR) is 193 cm³/mol. The minimum atomic E-state index is 0.0493. The molecule has 2 aromatic carbocycles. The monoisotopic (exact) mass is 706 g/mol. The van der Waals surface area contributed by atoms with Crippen molar-refractivity contribution >= 4 is 57.8 Å². The van der Waals surface area contributed by atoms with Crippen LogP contribution >= 0.6 is 45.9 Å². The van der Waals surface area contributed by atoms with E-state index in [9.17, 15) is 10.2 Å². The number of benzene rings is 2. The van der Waals surface area contributed by atoms with Gasteiger partial charge in [0, 0.05) is 46.4 Å². The Morgan fingerprint density at radius 1 is 0.617 bits per heavy atom. The van der Waals surface area contributed by atoms with E-state index < -0.39 is 0 Å². The molecule has 4 aromatic heterocycles. The van der Waals surface area contributed by atoms with Crippen molar-refractivity contribution < 1.29 is 10.2 Å². The fraction of sp³-hybridized carbons (Fsp3) is 0.257. The second-order valence-electron chi connectivity index (χ2n) is 11.1. The summed E-state index contributed by atoms with van der Waals surface area (Å²) in [6.07, 6.45) is 7.59. The molecule has 6 heterocycles. The summed E-state index contributed by atoms with van der Waals surface area (Å²) < 4.78 is 4.26. The van der Waals surface area contributed by atoms with Gasteiger partial charge in [0.15, 0.2) is 0 Å². The van der Waals surface area contributed by atoms with E-state index in [1.165, 1.54) is 20.9 Å². The van der Waals surface area contributed by atoms with Gasteiger partial charge in [0.2, 0.25) is 11.9 Å². The van der Waals surface area contributed by atoms with E-state index in [0.29, 0.717) is 0 Å². The van der Waals surface area contributed by atoms with Gasteiger partial charge in [0.25, 0.3) is 0 Å². The van der Waals surface area contributed by atoms with Crippen LogP contribution in [0.15, 0.2) is 120 Å². The molecule has 4 N–H and O–H groups in total. The quantitative estimate of drug-likeness (QED) is 0.131. The van der Waals surface area contributed by atoms with E-state index in [0.717, 1.165) is 11.9 Å². The average Bonchev–Trinajstić information content (AvgIpc) is 3.96. The Morgan fingerprint density at radius 3 is 1.36 bits per heavy atom. The first-order valence-electron chi connectivity index (χ1n) is 15.3. The van der Waals surface area contributed by atoms with Gasteiger partial charge >= 0.3 is 0 Å². The second-order valence-corrected chi connectivity index (χ2v) is 13.9. The van der Waals surface area contributed by atoms with E-state index in [2.05, 4.69) is 89.0 Å². The molecule has 0 amide bonds. The molecule has 8 nitrogen and oxygen atoms in total. The summed E-state index contributed by atoms with van der Waals surface area (Å²) in [6.45, 7) is 0.236. The van der Waals surface area contributed by atoms with Gasteiger partial charge in [-0.1, -0.05) is 72.8 Å². The molecule has 12 heteroatoms. The summed E-state index contributed by atoms with van der Waals surface area (Å²) >= 11 is 13.0. The lowest BCUT2D eigenvalue weighted by Gasteiger charge is -2.39. The van der Waals surface area contributed by atoms with E-state index >= 15 is 0 Å². The topological polar surface area (TPSA) is 100 Å². The van der Waals surface area contributed by atoms with Crippen molar-refractivity contribution in [1.29, 1.82) is 0 Å². The van der Waals surface area contributed by atoms with Crippen molar-refractivity contribution in [2.75, 3.05) is 29.2 Å². The van der Waals surface area contributed by atoms with Gasteiger partial charge in [-0.05, 0) is 34.0 Å². The third-order valence-corrected chi connectivity index (χ3v) is 10.5. The summed E-state index contributed by atoms with van der Waals surface area (Å²) in [5.74, 6) is 1.83. The summed E-state index contributed by atoms with van der Waals surface area (Å²) in [5.41, 5.74) is 2.36. The fourth-order valence-electron chi connectivity index (χ4n) is 6.58. The second kappa shape index (κ2) is 16.0. The minimum absolute atomic E-state index is 0.0493. The minimum Gasteiger partial charge on any atom is -0.396 e. The highest BCUT2D eigenvalue weighted by Gasteiger charge is 2.39. The number of hydrogen-bond donors (Lipinski definition) is 4. The Labute approximate surface area is 292 Å². The van der Waals surface area contributed by atoms with Crippen LogP contribution in [0.25, 0.3) is 0 Å². The first-order chi connectivity index (χ1) is 23.2. The molecule has 0 unspecified atom stereocenters. The molecule has 0 saturated heterocycles. The van der Waals surface area contributed by atoms with Crippen molar-refractivity contribution in [3.63, 3.8) is 0 Å². The average molecular weight is 708 g/mol. The van der Waals surface area contributed by atoms with Gasteiger partial charge in [-0.25, -0.2) is 9.97 Å². The first kappa shape index (κ1) is 33.3. The number of anilines is 2. The number of alkyl halides is 2. The van der Waals surface area contributed by atoms with Crippen molar-refractivity contribution in [2.24, 2.45) is 11.8 Å². The summed E-state index contributed by atoms with van der Waals surface area (Å²) in [4.78, 5) is 11.4. The van der Waals surface area contributed by atoms with Gasteiger partial charge in [-0.3, -0.25) is 0 Å². The molecule has 2 aliphatic heterocycles. The van der Waals surface area contributed by atoms with Gasteiger partial charge in [-0.15, -0.1) is 45.9 Å². The van der Waals surface area contributed by atoms with E-state index in [-0.39, 0.29) is 54.6 Å². The fourth-order valence-corrected chi connectivity index (χ4v) is 8.37. The van der Waals surface area contributed by atoms with Crippen LogP contribution in [0.5, 0.6) is 0 Å². The molecule has 8 rings (SSSR count). The summed E-state index contributed by atoms with van der Waals surface area (Å²) in [6, 6.07) is 29.3. The Balaban J connectivity index is 0.000000152. The zero-order valence-electron chi connectivity index (χ0n) is 25.4. The predicted octanol–water partition coefficient (Wildman–Crippen LogP) is 8.04. The molecule has 0 fully saturated rings. The maximum atomic E-state index is 10.1. The number of imidazole rings is 2. The first-order valence-corrected chi connectivity index (χ1v) is 18.1. The number of halogens is 2. The lowest BCUT2D eigenvalue weighted by atomic mass is 9.85. The van der Waals surface area contributed by atoms with Crippen LogP contribution in [-0.4, -0.2) is 47.9 Å². The normalized spacial score (nSPS) is 22.6. The van der Waals surface area contributed by atoms with Gasteiger partial charge in [0.1, 0.15) is 0 Å². The molecule has 0 spiro atoms. The van der Waals surface area contributed by atoms with Crippen LogP contribution in [0.1, 0.15) is 45.0 Å². The Morgan fingerprint density at radius 2 is 1.02 bits per heavy atom. The molecule has 47 heavy (non-hydrogen) atoms. The van der Waals surface area contributed by atoms with Crippen LogP contribution in [0, 0.1) is 11.8 Å². The largest absolute Gasteiger partial charge is 0.396 e. The molecule has 0 radical (unpaired) electrons. The standard InChI is InChI=1S/2C17H17N3OS.CH2Cl2/c2*21-11-13-15(12-5-2-1-3-6-12)19-17-18-8-9-20(17)16(13)14-7-4-10-22-14;2-1-3/h2*1-10,13,15-16,21H,11H2,(H,18,19);1H2/t2*13-,15-,16-;/m00./s1. The third kappa shape index (κ3) is 7.13. The zero-order chi connectivity index (χ0) is 32.6. The SMILES string of the molecule is ClCCl.OC[C@@H]1[C@@H](c2cccs2)n2ccnc2N[C@H]1c1ccccc1.OC[C@@H]1[C@@H](c2cccs2)n2ccnc2N[C@H]1c1ccccc1. The smallest absolute Gasteiger partial charge is 0.203 e. The van der Waals surface area contributed by atoms with Crippen molar-refractivity contribution in [1.82, 2.24) is 19.1 Å². The molecule has 2 aliphatic rings. The third-order valence-electron chi connectivity index (χ3n) is 8.58. The number of aromatic nitrogens is 4. The number of nitrogens with one attached hydrogen (secondary N) is 2. The van der Waals surface area contributed by atoms with E-state index in [1.807, 2.05) is 61.2 Å². The molecule has 0 aliphatic carbocycles. The summed E-state index contributed by atoms with van der Waals surface area (Å²) in [7, 11) is 0. The number of rotatable bonds is 6. The number of nitrogens with zero attached hydrogens (tertiary/aromatic N) is 4. The Bertz CT molecular complexity index is 1640. The van der Waals surface area contributed by atoms with Crippen LogP contribution in [0.2, 0.25) is 0 Å². The molecule has 244 valence electrons. The van der Waals surface area contributed by atoms with Crippen LogP contribution in [0.3, 0.4) is 0 Å². The molecule has 0 saturated carbocycles. The molecule has 6 atom stereocenters. The number of hydrogen-bond acceptors (Lipinski definition) is 8. The molecule has 0 bridgehead atoms. The zero-order valence-corrected chi connectivity index (χ0v) is 28.5. The highest BCUT2D eigenvalue weighted by molar-refractivity contribution is 7.10. The molecule has 6 aromatic rings. The van der Waals surface area contributed by atoms with Gasteiger partial charge < -0.3 is 30.0 Å². The number of aliphatic hydroxyl groups excluding tert-OH is 2. The lowest BCUT2D eigenvalue weighted by Crippen LogP contribution is -2.37. The number of thiophene rings is 2. The van der Waals surface area contributed by atoms with Crippen LogP contribution < -0.4 is 10.6 Å². The van der Waals surface area contributed by atoms with Crippen LogP contribution in [-0.2, 0) is 0 Å². The Hall–Kier alpha value is -3.64. The molecular formula is C35H36Cl2N6O2S2. The Kier molecular flexibility index (Phi) is 11.3. The maximum absolute atomic E-state index is 10.1. The van der Waals surface area contributed by atoms with Gasteiger partial charge in [0.05, 0.1) is 42.7 Å². The van der Waals surface area contributed by atoms with E-state index in [4.69, 9.17) is 23.2 Å². The number of fused-ring (bicyclic) bond motifs is 2. The van der Waals surface area contributed by atoms with Crippen LogP contribution in [0.4, 0.5) is 11.9 Å². The van der Waals surface area contributed by atoms with Crippen molar-refractivity contribution in [3.05, 3.63) is 141 Å². The number of aliphatic hydroxyl groups is 2. The molecular weight excluding hydrogens is 671 g/mol. The highest BCUT2D eigenvalue weighted by Crippen LogP contribution is 2.45. The highest BCUT2D eigenvalue weighted by atomic mass is 35.5. The van der Waals surface area contributed by atoms with Gasteiger partial charge in [-0.2, -0.15) is 0 Å². The maximum Gasteiger partial charge on any atom is 0.203 e. The van der Waals surface area contributed by atoms with Crippen molar-refractivity contribution in [3.8, 4) is 0 Å². The van der Waals surface area contributed by atoms with Crippen molar-refractivity contribution in [2.45, 2.75) is 24.2 Å².